The van der Waals surface area contributed by atoms with Gasteiger partial charge in [0.2, 0.25) is 0 Å². The average molecular weight is 191 g/mol. The Hall–Kier alpha value is 0.220. The molecule has 0 radical (unpaired) electrons. The summed E-state index contributed by atoms with van der Waals surface area (Å²) in [6, 6.07) is 0. The lowest BCUT2D eigenvalue weighted by Gasteiger charge is -1.92. The molecule has 0 saturated carbocycles. The van der Waals surface area contributed by atoms with E-state index in [-0.39, 0.29) is 0 Å². The Labute approximate surface area is 66.5 Å². The molecule has 0 aromatic heterocycles. The van der Waals surface area contributed by atoms with Crippen molar-refractivity contribution in [2.75, 3.05) is 0 Å². The first kappa shape index (κ1) is 9.22. The van der Waals surface area contributed by atoms with E-state index >= 15 is 0 Å². The van der Waals surface area contributed by atoms with Gasteiger partial charge in [0.1, 0.15) is 0 Å². The lowest BCUT2D eigenvalue weighted by atomic mass is 10.2. The van der Waals surface area contributed by atoms with Gasteiger partial charge in [-0.05, 0) is 17.3 Å². The van der Waals surface area contributed by atoms with Crippen LogP contribution in [-0.2, 0) is 0 Å². The molecule has 0 bridgehead atoms. The molecule has 0 saturated heterocycles. The summed E-state index contributed by atoms with van der Waals surface area (Å²) >= 11 is 3.50. The van der Waals surface area contributed by atoms with Gasteiger partial charge < -0.3 is 0 Å². The summed E-state index contributed by atoms with van der Waals surface area (Å²) in [6.07, 6.45) is 7.16. The number of hydrogen-bond acceptors (Lipinski definition) is 0. The van der Waals surface area contributed by atoms with Gasteiger partial charge in [0, 0.05) is 0 Å². The lowest BCUT2D eigenvalue weighted by molar-refractivity contribution is 0.915. The fourth-order valence-electron chi connectivity index (χ4n) is 0.642. The highest BCUT2D eigenvalue weighted by atomic mass is 79.9. The van der Waals surface area contributed by atoms with Crippen LogP contribution in [0.15, 0.2) is 10.6 Å². The van der Waals surface area contributed by atoms with Gasteiger partial charge in [0.05, 0.1) is 0 Å². The minimum Gasteiger partial charge on any atom is -0.0744 e. The van der Waals surface area contributed by atoms with E-state index in [4.69, 9.17) is 0 Å². The first-order valence-corrected chi connectivity index (χ1v) is 4.45. The topological polar surface area (TPSA) is 0 Å². The number of rotatable bonds is 4. The van der Waals surface area contributed by atoms with Crippen LogP contribution in [0.5, 0.6) is 0 Å². The summed E-state index contributed by atoms with van der Waals surface area (Å²) in [7, 11) is 0. The van der Waals surface area contributed by atoms with Gasteiger partial charge in [-0.2, -0.15) is 0 Å². The predicted octanol–water partition coefficient (Wildman–Crippen LogP) is 3.87. The maximum Gasteiger partial charge on any atom is -0.00893 e. The first-order valence-electron chi connectivity index (χ1n) is 3.65. The number of unbranched alkanes of at least 4 members (excludes halogenated alkanes) is 1. The van der Waals surface area contributed by atoms with Crippen molar-refractivity contribution in [1.29, 1.82) is 0 Å². The third-order valence-electron chi connectivity index (χ3n) is 1.14. The molecular formula is C8H15Br. The van der Waals surface area contributed by atoms with E-state index in [1.54, 1.807) is 0 Å². The van der Waals surface area contributed by atoms with E-state index in [1.807, 2.05) is 0 Å². The van der Waals surface area contributed by atoms with Crippen molar-refractivity contribution in [3.05, 3.63) is 10.6 Å². The smallest absolute Gasteiger partial charge is 0.00893 e. The molecule has 0 unspecified atom stereocenters. The molecular weight excluding hydrogens is 176 g/mol. The molecule has 0 nitrogen and oxygen atoms in total. The second-order valence-electron chi connectivity index (χ2n) is 2.19. The van der Waals surface area contributed by atoms with Crippen LogP contribution in [0, 0.1) is 0 Å². The predicted molar refractivity (Wildman–Crippen MR) is 46.8 cm³/mol. The van der Waals surface area contributed by atoms with E-state index in [1.165, 1.54) is 30.2 Å². The van der Waals surface area contributed by atoms with Gasteiger partial charge >= 0.3 is 0 Å². The van der Waals surface area contributed by atoms with E-state index in [0.29, 0.717) is 0 Å². The van der Waals surface area contributed by atoms with Gasteiger partial charge in [-0.1, -0.05) is 48.7 Å². The van der Waals surface area contributed by atoms with E-state index in [9.17, 15) is 0 Å². The Morgan fingerprint density at radius 3 is 2.44 bits per heavy atom. The lowest BCUT2D eigenvalue weighted by Crippen LogP contribution is -1.70. The molecule has 0 spiro atoms. The third-order valence-corrected chi connectivity index (χ3v) is 1.86. The van der Waals surface area contributed by atoms with E-state index in [0.717, 1.165) is 0 Å². The fraction of sp³-hybridized carbons (Fsp3) is 0.750. The number of halogens is 1. The minimum absolute atomic E-state index is 1.19. The number of allylic oxidation sites excluding steroid dienone is 2. The third kappa shape index (κ3) is 6.10. The summed E-state index contributed by atoms with van der Waals surface area (Å²) in [5, 5.41) is 0. The second-order valence-corrected chi connectivity index (χ2v) is 3.21. The molecule has 0 aromatic carbocycles. The zero-order valence-electron chi connectivity index (χ0n) is 6.28. The monoisotopic (exact) mass is 190 g/mol. The molecule has 9 heavy (non-hydrogen) atoms. The van der Waals surface area contributed by atoms with Crippen molar-refractivity contribution in [3.63, 3.8) is 0 Å². The molecule has 1 heteroatoms. The van der Waals surface area contributed by atoms with E-state index in [2.05, 4.69) is 35.9 Å². The summed E-state index contributed by atoms with van der Waals surface area (Å²) in [4.78, 5) is 0. The minimum atomic E-state index is 1.19. The Morgan fingerprint density at radius 2 is 2.00 bits per heavy atom. The molecule has 0 fully saturated rings. The van der Waals surface area contributed by atoms with Gasteiger partial charge in [-0.15, -0.1) is 0 Å². The first-order chi connectivity index (χ1) is 4.31. The summed E-state index contributed by atoms with van der Waals surface area (Å²) in [5.74, 6) is 0. The van der Waals surface area contributed by atoms with Crippen molar-refractivity contribution in [2.45, 2.75) is 39.5 Å². The largest absolute Gasteiger partial charge is 0.0744 e. The van der Waals surface area contributed by atoms with Crippen LogP contribution < -0.4 is 0 Å². The second kappa shape index (κ2) is 6.34. The Morgan fingerprint density at radius 1 is 1.33 bits per heavy atom. The molecule has 0 aliphatic carbocycles. The molecule has 0 aromatic rings. The molecule has 54 valence electrons. The summed E-state index contributed by atoms with van der Waals surface area (Å²) in [5.41, 5.74) is 0. The zero-order chi connectivity index (χ0) is 7.11. The Kier molecular flexibility index (Phi) is 6.50. The van der Waals surface area contributed by atoms with Crippen LogP contribution in [0.4, 0.5) is 0 Å². The van der Waals surface area contributed by atoms with Gasteiger partial charge in [0.15, 0.2) is 0 Å². The zero-order valence-corrected chi connectivity index (χ0v) is 7.87. The van der Waals surface area contributed by atoms with E-state index < -0.39 is 0 Å². The van der Waals surface area contributed by atoms with Crippen LogP contribution >= 0.6 is 15.9 Å². The average Bonchev–Trinajstić information content (AvgIpc) is 1.85. The Balaban J connectivity index is 3.30. The molecule has 0 atom stereocenters. The van der Waals surface area contributed by atoms with Crippen LogP contribution in [-0.4, -0.2) is 0 Å². The van der Waals surface area contributed by atoms with Crippen molar-refractivity contribution in [2.24, 2.45) is 0 Å². The Bertz CT molecular complexity index is 84.6. The van der Waals surface area contributed by atoms with Gasteiger partial charge in [0.25, 0.3) is 0 Å². The molecule has 0 heterocycles. The summed E-state index contributed by atoms with van der Waals surface area (Å²) < 4.78 is 1.37. The maximum atomic E-state index is 3.50. The molecule has 0 aliphatic heterocycles. The van der Waals surface area contributed by atoms with Crippen molar-refractivity contribution in [3.8, 4) is 0 Å². The molecule has 0 N–H and O–H groups in total. The summed E-state index contributed by atoms with van der Waals surface area (Å²) in [6.45, 7) is 4.39. The van der Waals surface area contributed by atoms with Crippen LogP contribution in [0.2, 0.25) is 0 Å². The SMILES string of the molecule is CCC/C=C(/Br)CCC. The standard InChI is InChI=1S/C8H15Br/c1-3-5-7-8(9)6-4-2/h7H,3-6H2,1-2H3/b8-7+. The highest BCUT2D eigenvalue weighted by Gasteiger charge is 1.86. The number of hydrogen-bond donors (Lipinski definition) is 0. The highest BCUT2D eigenvalue weighted by molar-refractivity contribution is 9.11. The van der Waals surface area contributed by atoms with Crippen molar-refractivity contribution in [1.82, 2.24) is 0 Å². The van der Waals surface area contributed by atoms with Crippen molar-refractivity contribution < 1.29 is 0 Å². The van der Waals surface area contributed by atoms with Crippen LogP contribution in [0.1, 0.15) is 39.5 Å². The highest BCUT2D eigenvalue weighted by Crippen LogP contribution is 2.13. The normalized spacial score (nSPS) is 12.1. The fourth-order valence-corrected chi connectivity index (χ4v) is 1.27. The maximum absolute atomic E-state index is 3.50. The van der Waals surface area contributed by atoms with Crippen LogP contribution in [0.3, 0.4) is 0 Å². The molecule has 0 rings (SSSR count). The van der Waals surface area contributed by atoms with Gasteiger partial charge in [-0.25, -0.2) is 0 Å². The van der Waals surface area contributed by atoms with Crippen molar-refractivity contribution >= 4 is 15.9 Å². The molecule has 0 aliphatic rings. The van der Waals surface area contributed by atoms with Crippen LogP contribution in [0.25, 0.3) is 0 Å². The quantitative estimate of drug-likeness (QED) is 0.632. The van der Waals surface area contributed by atoms with Gasteiger partial charge in [-0.3, -0.25) is 0 Å². The molecule has 0 amide bonds.